The van der Waals surface area contributed by atoms with Gasteiger partial charge in [-0.1, -0.05) is 36.4 Å². The molecule has 2 aliphatic heterocycles. The molecule has 0 aliphatic carbocycles. The van der Waals surface area contributed by atoms with Gasteiger partial charge in [-0.25, -0.2) is 0 Å². The predicted molar refractivity (Wildman–Crippen MR) is 148 cm³/mol. The van der Waals surface area contributed by atoms with Crippen molar-refractivity contribution in [3.05, 3.63) is 48.6 Å². The van der Waals surface area contributed by atoms with Crippen LogP contribution in [0.15, 0.2) is 43.0 Å². The Morgan fingerprint density at radius 3 is 1.68 bits per heavy atom. The Morgan fingerprint density at radius 2 is 1.32 bits per heavy atom. The lowest BCUT2D eigenvalue weighted by Crippen LogP contribution is -2.66. The van der Waals surface area contributed by atoms with Gasteiger partial charge in [-0.3, -0.25) is 9.59 Å². The number of carboxylic acid groups (broad SMARTS) is 1. The summed E-state index contributed by atoms with van der Waals surface area (Å²) in [6, 6.07) is 9.41. The summed E-state index contributed by atoms with van der Waals surface area (Å²) < 4.78 is 5.75. The first-order chi connectivity index (χ1) is 16.9. The molecule has 1 aromatic rings. The van der Waals surface area contributed by atoms with Crippen LogP contribution in [-0.4, -0.2) is 39.2 Å². The summed E-state index contributed by atoms with van der Waals surface area (Å²) in [6.07, 6.45) is 4.78. The van der Waals surface area contributed by atoms with Gasteiger partial charge in [0.05, 0.1) is 0 Å². The van der Waals surface area contributed by atoms with Crippen LogP contribution in [-0.2, 0) is 20.9 Å². The maximum absolute atomic E-state index is 13.8. The number of carbonyl (C=O) groups excluding carboxylic acids is 1. The normalized spacial score (nSPS) is 24.1. The van der Waals surface area contributed by atoms with Crippen LogP contribution in [0.4, 0.5) is 0 Å². The molecule has 6 nitrogen and oxygen atoms in total. The zero-order chi connectivity index (χ0) is 27.9. The highest BCUT2D eigenvalue weighted by Crippen LogP contribution is 2.57. The highest BCUT2D eigenvalue weighted by molar-refractivity contribution is 5.95. The SMILES string of the molecule is C=CC(C1CC(C)(C)NC(C)(C)C1)(C1CC(C)(C)NC(C)(C)C1)C(C(=O)O)C(=O)OCc1ccccc1. The van der Waals surface area contributed by atoms with Gasteiger partial charge in [0.25, 0.3) is 0 Å². The van der Waals surface area contributed by atoms with Gasteiger partial charge in [0.1, 0.15) is 6.61 Å². The fourth-order valence-corrected chi connectivity index (χ4v) is 7.94. The van der Waals surface area contributed by atoms with Crippen LogP contribution in [0.2, 0.25) is 0 Å². The standard InChI is InChI=1S/C31H48N2O4/c1-10-31(22-16-27(2,3)32-28(4,5)17-22,23-18-29(6,7)33-30(8,9)19-23)24(25(34)35)26(36)37-20-21-14-12-11-13-15-21/h10-15,22-24,32-33H,1,16-20H2,2-9H3,(H,34,35). The first-order valence-electron chi connectivity index (χ1n) is 13.6. The molecule has 37 heavy (non-hydrogen) atoms. The smallest absolute Gasteiger partial charge is 0.321 e. The molecule has 0 spiro atoms. The van der Waals surface area contributed by atoms with Crippen molar-refractivity contribution in [2.75, 3.05) is 0 Å². The molecule has 1 unspecified atom stereocenters. The third-order valence-electron chi connectivity index (χ3n) is 8.35. The van der Waals surface area contributed by atoms with Crippen molar-refractivity contribution in [3.8, 4) is 0 Å². The molecule has 0 bridgehead atoms. The first kappa shape index (κ1) is 29.4. The molecule has 1 aromatic carbocycles. The number of ether oxygens (including phenoxy) is 1. The van der Waals surface area contributed by atoms with Crippen LogP contribution < -0.4 is 10.6 Å². The van der Waals surface area contributed by atoms with Gasteiger partial charge in [-0.15, -0.1) is 6.58 Å². The molecule has 3 N–H and O–H groups in total. The summed E-state index contributed by atoms with van der Waals surface area (Å²) in [5.74, 6) is -3.31. The van der Waals surface area contributed by atoms with Gasteiger partial charge in [0.2, 0.25) is 0 Å². The largest absolute Gasteiger partial charge is 0.481 e. The van der Waals surface area contributed by atoms with E-state index >= 15 is 0 Å². The minimum Gasteiger partial charge on any atom is -0.481 e. The lowest BCUT2D eigenvalue weighted by molar-refractivity contribution is -0.173. The predicted octanol–water partition coefficient (Wildman–Crippen LogP) is 5.72. The zero-order valence-electron chi connectivity index (χ0n) is 24.1. The van der Waals surface area contributed by atoms with Gasteiger partial charge in [-0.05, 0) is 98.5 Å². The second kappa shape index (κ2) is 10.2. The van der Waals surface area contributed by atoms with Crippen molar-refractivity contribution in [2.24, 2.45) is 23.2 Å². The fraction of sp³-hybridized carbons (Fsp3) is 0.677. The quantitative estimate of drug-likeness (QED) is 0.235. The Hall–Kier alpha value is -2.18. The van der Waals surface area contributed by atoms with E-state index in [2.05, 4.69) is 72.6 Å². The summed E-state index contributed by atoms with van der Waals surface area (Å²) in [6.45, 7) is 21.6. The van der Waals surface area contributed by atoms with Crippen LogP contribution in [0.1, 0.15) is 86.6 Å². The molecule has 1 atom stereocenters. The maximum atomic E-state index is 13.8. The number of carboxylic acids is 1. The second-order valence-electron chi connectivity index (χ2n) is 14.1. The molecule has 206 valence electrons. The molecule has 6 heteroatoms. The monoisotopic (exact) mass is 512 g/mol. The molecule has 0 radical (unpaired) electrons. The number of aliphatic carboxylic acids is 1. The third kappa shape index (κ3) is 6.64. The van der Waals surface area contributed by atoms with Crippen LogP contribution in [0.5, 0.6) is 0 Å². The van der Waals surface area contributed by atoms with Crippen molar-refractivity contribution >= 4 is 11.9 Å². The van der Waals surface area contributed by atoms with E-state index in [0.29, 0.717) is 0 Å². The molecule has 0 amide bonds. The zero-order valence-corrected chi connectivity index (χ0v) is 24.1. The number of nitrogens with one attached hydrogen (secondary N) is 2. The van der Waals surface area contributed by atoms with E-state index < -0.39 is 23.3 Å². The van der Waals surface area contributed by atoms with E-state index in [0.717, 1.165) is 31.2 Å². The van der Waals surface area contributed by atoms with E-state index in [1.807, 2.05) is 36.4 Å². The Morgan fingerprint density at radius 1 is 0.919 bits per heavy atom. The number of carbonyl (C=O) groups is 2. The average Bonchev–Trinajstić information content (AvgIpc) is 2.71. The van der Waals surface area contributed by atoms with Gasteiger partial charge < -0.3 is 20.5 Å². The van der Waals surface area contributed by atoms with Crippen LogP contribution >= 0.6 is 0 Å². The van der Waals surface area contributed by atoms with Crippen molar-refractivity contribution in [1.29, 1.82) is 0 Å². The van der Waals surface area contributed by atoms with Crippen LogP contribution in [0.3, 0.4) is 0 Å². The minimum atomic E-state index is -1.35. The minimum absolute atomic E-state index is 0.0447. The van der Waals surface area contributed by atoms with Gasteiger partial charge in [0, 0.05) is 27.6 Å². The number of piperidine rings is 2. The summed E-state index contributed by atoms with van der Waals surface area (Å²) in [4.78, 5) is 26.9. The van der Waals surface area contributed by atoms with Gasteiger partial charge >= 0.3 is 11.9 Å². The molecule has 0 saturated carbocycles. The number of benzene rings is 1. The van der Waals surface area contributed by atoms with Gasteiger partial charge in [-0.2, -0.15) is 0 Å². The van der Waals surface area contributed by atoms with Crippen LogP contribution in [0, 0.1) is 23.2 Å². The highest BCUT2D eigenvalue weighted by atomic mass is 16.5. The third-order valence-corrected chi connectivity index (χ3v) is 8.35. The number of hydrogen-bond acceptors (Lipinski definition) is 5. The van der Waals surface area contributed by atoms with E-state index in [-0.39, 0.29) is 40.6 Å². The maximum Gasteiger partial charge on any atom is 0.321 e. The molecule has 2 heterocycles. The van der Waals surface area contributed by atoms with Crippen molar-refractivity contribution < 1.29 is 19.4 Å². The summed E-state index contributed by atoms with van der Waals surface area (Å²) >= 11 is 0. The second-order valence-corrected chi connectivity index (χ2v) is 14.1. The Labute approximate surface area is 223 Å². The molecule has 2 aliphatic rings. The van der Waals surface area contributed by atoms with E-state index in [1.54, 1.807) is 0 Å². The lowest BCUT2D eigenvalue weighted by Gasteiger charge is -2.59. The Kier molecular flexibility index (Phi) is 8.08. The lowest BCUT2D eigenvalue weighted by atomic mass is 9.50. The Bertz CT molecular complexity index is 926. The molecular formula is C31H48N2O4. The summed E-state index contributed by atoms with van der Waals surface area (Å²) in [5, 5.41) is 18.2. The number of rotatable bonds is 8. The summed E-state index contributed by atoms with van der Waals surface area (Å²) in [7, 11) is 0. The van der Waals surface area contributed by atoms with E-state index in [4.69, 9.17) is 4.74 Å². The average molecular weight is 513 g/mol. The van der Waals surface area contributed by atoms with Crippen molar-refractivity contribution in [1.82, 2.24) is 10.6 Å². The molecule has 2 saturated heterocycles. The topological polar surface area (TPSA) is 87.7 Å². The molecule has 3 rings (SSSR count). The summed E-state index contributed by atoms with van der Waals surface area (Å²) in [5.41, 5.74) is -1.05. The molecule has 2 fully saturated rings. The van der Waals surface area contributed by atoms with E-state index in [1.165, 1.54) is 0 Å². The Balaban J connectivity index is 2.14. The fourth-order valence-electron chi connectivity index (χ4n) is 7.94. The van der Waals surface area contributed by atoms with Gasteiger partial charge in [0.15, 0.2) is 5.92 Å². The molecule has 0 aromatic heterocycles. The first-order valence-corrected chi connectivity index (χ1v) is 13.6. The number of hydrogen-bond donors (Lipinski definition) is 3. The van der Waals surface area contributed by atoms with Crippen LogP contribution in [0.25, 0.3) is 0 Å². The number of esters is 1. The number of allylic oxidation sites excluding steroid dienone is 1. The highest BCUT2D eigenvalue weighted by Gasteiger charge is 2.60. The van der Waals surface area contributed by atoms with Crippen molar-refractivity contribution in [2.45, 2.75) is 110 Å². The van der Waals surface area contributed by atoms with Crippen molar-refractivity contribution in [3.63, 3.8) is 0 Å². The molecular weight excluding hydrogens is 464 g/mol. The van der Waals surface area contributed by atoms with E-state index in [9.17, 15) is 14.7 Å².